The summed E-state index contributed by atoms with van der Waals surface area (Å²) in [6.07, 6.45) is 3.55. The van der Waals surface area contributed by atoms with Crippen LogP contribution in [0.25, 0.3) is 0 Å². The predicted molar refractivity (Wildman–Crippen MR) is 102 cm³/mol. The van der Waals surface area contributed by atoms with Crippen LogP contribution in [0.1, 0.15) is 24.2 Å². The Balaban J connectivity index is 1.38. The van der Waals surface area contributed by atoms with Crippen LogP contribution in [0.4, 0.5) is 4.39 Å². The molecule has 0 bridgehead atoms. The van der Waals surface area contributed by atoms with Gasteiger partial charge in [-0.25, -0.2) is 4.39 Å². The molecule has 0 radical (unpaired) electrons. The number of benzene rings is 1. The summed E-state index contributed by atoms with van der Waals surface area (Å²) >= 11 is 1.74. The van der Waals surface area contributed by atoms with Crippen molar-refractivity contribution < 1.29 is 13.6 Å². The fraction of sp³-hybridized carbons (Fsp3) is 0.450. The molecule has 1 aliphatic rings. The van der Waals surface area contributed by atoms with Gasteiger partial charge in [-0.3, -0.25) is 9.69 Å². The van der Waals surface area contributed by atoms with Gasteiger partial charge >= 0.3 is 0 Å². The van der Waals surface area contributed by atoms with Gasteiger partial charge in [0.1, 0.15) is 11.6 Å². The van der Waals surface area contributed by atoms with E-state index < -0.39 is 0 Å². The van der Waals surface area contributed by atoms with Gasteiger partial charge in [0.25, 0.3) is 0 Å². The van der Waals surface area contributed by atoms with Crippen LogP contribution < -0.4 is 5.32 Å². The van der Waals surface area contributed by atoms with E-state index in [1.54, 1.807) is 24.1 Å². The van der Waals surface area contributed by atoms with Gasteiger partial charge in [0.2, 0.25) is 5.91 Å². The Morgan fingerprint density at radius 3 is 3.00 bits per heavy atom. The number of furan rings is 1. The molecule has 1 N–H and O–H groups in total. The molecule has 1 unspecified atom stereocenters. The largest absolute Gasteiger partial charge is 0.468 e. The number of carbonyl (C=O) groups is 1. The van der Waals surface area contributed by atoms with Crippen LogP contribution >= 0.6 is 11.8 Å². The Bertz CT molecular complexity index is 693. The Labute approximate surface area is 158 Å². The first-order valence-corrected chi connectivity index (χ1v) is 10.2. The van der Waals surface area contributed by atoms with Crippen LogP contribution in [0.3, 0.4) is 0 Å². The molecule has 1 fully saturated rings. The molecule has 1 aromatic heterocycles. The van der Waals surface area contributed by atoms with Crippen molar-refractivity contribution in [3.63, 3.8) is 0 Å². The van der Waals surface area contributed by atoms with E-state index in [-0.39, 0.29) is 17.6 Å². The lowest BCUT2D eigenvalue weighted by atomic mass is 9.96. The fourth-order valence-corrected chi connectivity index (χ4v) is 4.00. The van der Waals surface area contributed by atoms with Crippen molar-refractivity contribution in [3.05, 3.63) is 59.8 Å². The van der Waals surface area contributed by atoms with E-state index in [0.29, 0.717) is 25.2 Å². The zero-order chi connectivity index (χ0) is 18.2. The second-order valence-corrected chi connectivity index (χ2v) is 7.69. The number of carbonyl (C=O) groups excluding carboxylic acids is 1. The summed E-state index contributed by atoms with van der Waals surface area (Å²) in [6.45, 7) is 2.83. The van der Waals surface area contributed by atoms with E-state index in [1.165, 1.54) is 6.07 Å². The van der Waals surface area contributed by atoms with Crippen LogP contribution in [-0.2, 0) is 17.1 Å². The van der Waals surface area contributed by atoms with E-state index in [9.17, 15) is 9.18 Å². The zero-order valence-electron chi connectivity index (χ0n) is 14.8. The molecule has 1 amide bonds. The molecular formula is C20H25FN2O2S. The third kappa shape index (κ3) is 5.61. The lowest BCUT2D eigenvalue weighted by molar-refractivity contribution is -0.126. The molecular weight excluding hydrogens is 351 g/mol. The summed E-state index contributed by atoms with van der Waals surface area (Å²) in [6, 6.07) is 10.7. The second-order valence-electron chi connectivity index (χ2n) is 6.59. The zero-order valence-corrected chi connectivity index (χ0v) is 15.6. The third-order valence-electron chi connectivity index (χ3n) is 4.60. The van der Waals surface area contributed by atoms with Gasteiger partial charge in [-0.05, 0) is 37.6 Å². The van der Waals surface area contributed by atoms with Gasteiger partial charge in [-0.1, -0.05) is 18.2 Å². The van der Waals surface area contributed by atoms with Crippen molar-refractivity contribution >= 4 is 17.7 Å². The Morgan fingerprint density at radius 2 is 2.19 bits per heavy atom. The minimum atomic E-state index is -0.173. The fourth-order valence-electron chi connectivity index (χ4n) is 3.24. The number of piperidine rings is 1. The van der Waals surface area contributed by atoms with Crippen molar-refractivity contribution in [3.8, 4) is 0 Å². The molecule has 140 valence electrons. The highest BCUT2D eigenvalue weighted by atomic mass is 32.2. The Morgan fingerprint density at radius 1 is 1.31 bits per heavy atom. The van der Waals surface area contributed by atoms with Gasteiger partial charge in [-0.15, -0.1) is 0 Å². The number of halogens is 1. The summed E-state index contributed by atoms with van der Waals surface area (Å²) in [7, 11) is 0. The maximum absolute atomic E-state index is 13.8. The highest BCUT2D eigenvalue weighted by Crippen LogP contribution is 2.20. The van der Waals surface area contributed by atoms with E-state index in [0.717, 1.165) is 36.7 Å². The normalized spacial score (nSPS) is 18.0. The standard InChI is InChI=1S/C20H25FN2O2S/c21-19-8-2-1-5-16(19)13-23-10-3-6-17(14-23)20(24)22-9-12-26-15-18-7-4-11-25-18/h1-2,4-5,7-8,11,17H,3,6,9-10,12-15H2,(H,22,24). The van der Waals surface area contributed by atoms with Crippen molar-refractivity contribution in [2.24, 2.45) is 5.92 Å². The summed E-state index contributed by atoms with van der Waals surface area (Å²) in [5.74, 6) is 2.57. The van der Waals surface area contributed by atoms with E-state index >= 15 is 0 Å². The third-order valence-corrected chi connectivity index (χ3v) is 5.58. The molecule has 0 spiro atoms. The number of likely N-dealkylation sites (tertiary alicyclic amines) is 1. The molecule has 3 rings (SSSR count). The van der Waals surface area contributed by atoms with Crippen LogP contribution in [-0.4, -0.2) is 36.2 Å². The van der Waals surface area contributed by atoms with Gasteiger partial charge in [0.15, 0.2) is 0 Å². The SMILES string of the molecule is O=C(NCCSCc1ccco1)C1CCCN(Cc2ccccc2F)C1. The van der Waals surface area contributed by atoms with Gasteiger partial charge in [0.05, 0.1) is 17.9 Å². The maximum atomic E-state index is 13.8. The van der Waals surface area contributed by atoms with Crippen molar-refractivity contribution in [2.75, 3.05) is 25.4 Å². The second kappa shape index (κ2) is 9.78. The van der Waals surface area contributed by atoms with Crippen molar-refractivity contribution in [2.45, 2.75) is 25.1 Å². The topological polar surface area (TPSA) is 45.5 Å². The number of nitrogens with zero attached hydrogens (tertiary/aromatic N) is 1. The monoisotopic (exact) mass is 376 g/mol. The smallest absolute Gasteiger partial charge is 0.224 e. The number of amides is 1. The summed E-state index contributed by atoms with van der Waals surface area (Å²) < 4.78 is 19.1. The number of hydrogen-bond acceptors (Lipinski definition) is 4. The van der Waals surface area contributed by atoms with Gasteiger partial charge < -0.3 is 9.73 Å². The van der Waals surface area contributed by atoms with Gasteiger partial charge in [0, 0.05) is 31.0 Å². The van der Waals surface area contributed by atoms with Gasteiger partial charge in [-0.2, -0.15) is 11.8 Å². The Hall–Kier alpha value is -1.79. The molecule has 1 atom stereocenters. The van der Waals surface area contributed by atoms with E-state index in [2.05, 4.69) is 10.2 Å². The van der Waals surface area contributed by atoms with Crippen molar-refractivity contribution in [1.82, 2.24) is 10.2 Å². The maximum Gasteiger partial charge on any atom is 0.224 e. The molecule has 0 aliphatic carbocycles. The minimum Gasteiger partial charge on any atom is -0.468 e. The quantitative estimate of drug-likeness (QED) is 0.714. The summed E-state index contributed by atoms with van der Waals surface area (Å²) in [4.78, 5) is 14.6. The van der Waals surface area contributed by atoms with Crippen LogP contribution in [0, 0.1) is 11.7 Å². The summed E-state index contributed by atoms with van der Waals surface area (Å²) in [5, 5.41) is 3.04. The first kappa shape index (κ1) is 19.0. The summed E-state index contributed by atoms with van der Waals surface area (Å²) in [5.41, 5.74) is 0.697. The average Bonchev–Trinajstić information content (AvgIpc) is 3.17. The molecule has 0 saturated carbocycles. The van der Waals surface area contributed by atoms with Crippen LogP contribution in [0.15, 0.2) is 47.1 Å². The lowest BCUT2D eigenvalue weighted by Crippen LogP contribution is -2.43. The highest BCUT2D eigenvalue weighted by Gasteiger charge is 2.25. The van der Waals surface area contributed by atoms with Crippen LogP contribution in [0.2, 0.25) is 0 Å². The molecule has 1 aromatic carbocycles. The number of nitrogens with one attached hydrogen (secondary N) is 1. The van der Waals surface area contributed by atoms with Crippen LogP contribution in [0.5, 0.6) is 0 Å². The Kier molecular flexibility index (Phi) is 7.14. The van der Waals surface area contributed by atoms with Crippen molar-refractivity contribution in [1.29, 1.82) is 0 Å². The lowest BCUT2D eigenvalue weighted by Gasteiger charge is -2.32. The highest BCUT2D eigenvalue weighted by molar-refractivity contribution is 7.98. The molecule has 4 nitrogen and oxygen atoms in total. The predicted octanol–water partition coefficient (Wildman–Crippen LogP) is 3.68. The molecule has 1 saturated heterocycles. The average molecular weight is 376 g/mol. The molecule has 2 aromatic rings. The molecule has 6 heteroatoms. The molecule has 2 heterocycles. The van der Waals surface area contributed by atoms with E-state index in [4.69, 9.17) is 4.42 Å². The van der Waals surface area contributed by atoms with E-state index in [1.807, 2.05) is 24.3 Å². The number of hydrogen-bond donors (Lipinski definition) is 1. The first-order valence-electron chi connectivity index (χ1n) is 9.06. The molecule has 1 aliphatic heterocycles. The molecule has 26 heavy (non-hydrogen) atoms. The number of thioether (sulfide) groups is 1. The number of rotatable bonds is 8. The minimum absolute atomic E-state index is 0.00871. The first-order chi connectivity index (χ1) is 12.7.